The normalized spacial score (nSPS) is 10.5. The number of benzene rings is 1. The van der Waals surface area contributed by atoms with Gasteiger partial charge in [0.05, 0.1) is 16.3 Å². The molecule has 1 aromatic heterocycles. The highest BCUT2D eigenvalue weighted by Crippen LogP contribution is 2.23. The largest absolute Gasteiger partial charge is 0.349 e. The van der Waals surface area contributed by atoms with E-state index in [9.17, 15) is 10.1 Å². The molecule has 2 rings (SSSR count). The summed E-state index contributed by atoms with van der Waals surface area (Å²) in [5.74, 6) is -0.289. The Bertz CT molecular complexity index is 715. The predicted octanol–water partition coefficient (Wildman–Crippen LogP) is 2.29. The molecule has 1 amide bonds. The molecule has 0 fully saturated rings. The summed E-state index contributed by atoms with van der Waals surface area (Å²) in [5, 5.41) is 12.6. The smallest absolute Gasteiger partial charge is 0.269 e. The number of nitriles is 1. The van der Waals surface area contributed by atoms with Crippen LogP contribution in [0.25, 0.3) is 5.69 Å². The zero-order valence-corrected chi connectivity index (χ0v) is 13.3. The summed E-state index contributed by atoms with van der Waals surface area (Å²) >= 11 is 6.19. The molecule has 0 saturated heterocycles. The van der Waals surface area contributed by atoms with Crippen LogP contribution in [0.2, 0.25) is 5.02 Å². The Kier molecular flexibility index (Phi) is 5.21. The fraction of sp³-hybridized carbons (Fsp3) is 0.250. The number of likely N-dealkylation sites (N-methyl/N-ethyl adjacent to an activating group) is 1. The monoisotopic (exact) mass is 316 g/mol. The summed E-state index contributed by atoms with van der Waals surface area (Å²) in [6, 6.07) is 10.9. The lowest BCUT2D eigenvalue weighted by Crippen LogP contribution is -2.32. The van der Waals surface area contributed by atoms with Gasteiger partial charge in [-0.1, -0.05) is 23.7 Å². The van der Waals surface area contributed by atoms with Crippen LogP contribution in [0.5, 0.6) is 0 Å². The number of carbonyl (C=O) groups is 1. The van der Waals surface area contributed by atoms with Crippen molar-refractivity contribution in [1.82, 2.24) is 14.8 Å². The van der Waals surface area contributed by atoms with Crippen LogP contribution >= 0.6 is 11.6 Å². The SMILES string of the molecule is CN(C)CCNC(=O)c1c(C#N)ccn1-c1ccccc1Cl. The Morgan fingerprint density at radius 3 is 2.73 bits per heavy atom. The zero-order chi connectivity index (χ0) is 16.1. The van der Waals surface area contributed by atoms with E-state index >= 15 is 0 Å². The third-order valence-corrected chi connectivity index (χ3v) is 3.50. The van der Waals surface area contributed by atoms with Crippen LogP contribution < -0.4 is 5.32 Å². The Morgan fingerprint density at radius 1 is 1.36 bits per heavy atom. The number of para-hydroxylation sites is 1. The number of amides is 1. The van der Waals surface area contributed by atoms with Crippen molar-refractivity contribution in [1.29, 1.82) is 5.26 Å². The second-order valence-corrected chi connectivity index (χ2v) is 5.48. The average molecular weight is 317 g/mol. The van der Waals surface area contributed by atoms with E-state index in [-0.39, 0.29) is 5.91 Å². The summed E-state index contributed by atoms with van der Waals surface area (Å²) in [4.78, 5) is 14.4. The molecule has 0 saturated carbocycles. The fourth-order valence-corrected chi connectivity index (χ4v) is 2.31. The maximum Gasteiger partial charge on any atom is 0.269 e. The van der Waals surface area contributed by atoms with Crippen LogP contribution in [0.3, 0.4) is 0 Å². The van der Waals surface area contributed by atoms with Gasteiger partial charge in [0, 0.05) is 19.3 Å². The number of aromatic nitrogens is 1. The molecule has 1 heterocycles. The molecule has 0 atom stereocenters. The van der Waals surface area contributed by atoms with Crippen molar-refractivity contribution in [2.45, 2.75) is 0 Å². The first-order valence-electron chi connectivity index (χ1n) is 6.84. The molecular formula is C16H17ClN4O. The first-order valence-corrected chi connectivity index (χ1v) is 7.21. The Labute approximate surface area is 134 Å². The van der Waals surface area contributed by atoms with E-state index in [0.29, 0.717) is 28.5 Å². The summed E-state index contributed by atoms with van der Waals surface area (Å²) in [7, 11) is 3.86. The fourth-order valence-electron chi connectivity index (χ4n) is 2.08. The highest BCUT2D eigenvalue weighted by molar-refractivity contribution is 6.32. The van der Waals surface area contributed by atoms with Gasteiger partial charge in [-0.25, -0.2) is 0 Å². The molecule has 0 spiro atoms. The van der Waals surface area contributed by atoms with E-state index < -0.39 is 0 Å². The van der Waals surface area contributed by atoms with Crippen molar-refractivity contribution in [2.24, 2.45) is 0 Å². The van der Waals surface area contributed by atoms with Gasteiger partial charge >= 0.3 is 0 Å². The van der Waals surface area contributed by atoms with Gasteiger partial charge in [-0.15, -0.1) is 0 Å². The maximum atomic E-state index is 12.4. The second-order valence-electron chi connectivity index (χ2n) is 5.07. The quantitative estimate of drug-likeness (QED) is 0.920. The Balaban J connectivity index is 2.34. The Hall–Kier alpha value is -2.29. The zero-order valence-electron chi connectivity index (χ0n) is 12.5. The van der Waals surface area contributed by atoms with Gasteiger partial charge in [-0.2, -0.15) is 5.26 Å². The van der Waals surface area contributed by atoms with Crippen LogP contribution in [0.1, 0.15) is 16.1 Å². The minimum Gasteiger partial charge on any atom is -0.349 e. The lowest BCUT2D eigenvalue weighted by Gasteiger charge is -2.13. The highest BCUT2D eigenvalue weighted by atomic mass is 35.5. The van der Waals surface area contributed by atoms with Gasteiger partial charge in [0.1, 0.15) is 11.8 Å². The number of hydrogen-bond acceptors (Lipinski definition) is 3. The highest BCUT2D eigenvalue weighted by Gasteiger charge is 2.19. The maximum absolute atomic E-state index is 12.4. The van der Waals surface area contributed by atoms with E-state index in [0.717, 1.165) is 6.54 Å². The number of carbonyl (C=O) groups excluding carboxylic acids is 1. The molecule has 5 nitrogen and oxygen atoms in total. The number of hydrogen-bond donors (Lipinski definition) is 1. The van der Waals surface area contributed by atoms with Crippen molar-refractivity contribution >= 4 is 17.5 Å². The minimum atomic E-state index is -0.289. The van der Waals surface area contributed by atoms with Gasteiger partial charge in [0.15, 0.2) is 0 Å². The molecule has 1 N–H and O–H groups in total. The van der Waals surface area contributed by atoms with Crippen molar-refractivity contribution in [2.75, 3.05) is 27.2 Å². The third-order valence-electron chi connectivity index (χ3n) is 3.18. The number of rotatable bonds is 5. The molecule has 6 heteroatoms. The predicted molar refractivity (Wildman–Crippen MR) is 86.4 cm³/mol. The van der Waals surface area contributed by atoms with Crippen LogP contribution in [-0.2, 0) is 0 Å². The van der Waals surface area contributed by atoms with Crippen LogP contribution in [-0.4, -0.2) is 42.6 Å². The van der Waals surface area contributed by atoms with Crippen LogP contribution in [0, 0.1) is 11.3 Å². The molecule has 114 valence electrons. The third kappa shape index (κ3) is 3.48. The van der Waals surface area contributed by atoms with E-state index in [4.69, 9.17) is 11.6 Å². The molecular weight excluding hydrogens is 300 g/mol. The molecule has 22 heavy (non-hydrogen) atoms. The first kappa shape index (κ1) is 16.1. The first-order chi connectivity index (χ1) is 10.5. The van der Waals surface area contributed by atoms with E-state index in [1.54, 1.807) is 29.0 Å². The van der Waals surface area contributed by atoms with E-state index in [1.165, 1.54) is 0 Å². The van der Waals surface area contributed by atoms with Crippen LogP contribution in [0.4, 0.5) is 0 Å². The molecule has 0 radical (unpaired) electrons. The van der Waals surface area contributed by atoms with E-state index in [1.807, 2.05) is 31.1 Å². The minimum absolute atomic E-state index is 0.289. The van der Waals surface area contributed by atoms with Gasteiger partial charge in [0.2, 0.25) is 0 Å². The Morgan fingerprint density at radius 2 is 2.09 bits per heavy atom. The molecule has 0 unspecified atom stereocenters. The average Bonchev–Trinajstić information content (AvgIpc) is 2.91. The van der Waals surface area contributed by atoms with Gasteiger partial charge < -0.3 is 14.8 Å². The van der Waals surface area contributed by atoms with Crippen molar-refractivity contribution < 1.29 is 4.79 Å². The molecule has 0 aliphatic heterocycles. The van der Waals surface area contributed by atoms with Crippen LogP contribution in [0.15, 0.2) is 36.5 Å². The van der Waals surface area contributed by atoms with Crippen molar-refractivity contribution in [3.63, 3.8) is 0 Å². The van der Waals surface area contributed by atoms with Gasteiger partial charge in [-0.3, -0.25) is 4.79 Å². The summed E-state index contributed by atoms with van der Waals surface area (Å²) in [6.45, 7) is 1.23. The molecule has 0 aliphatic rings. The topological polar surface area (TPSA) is 61.1 Å². The van der Waals surface area contributed by atoms with E-state index in [2.05, 4.69) is 11.4 Å². The molecule has 0 bridgehead atoms. The lowest BCUT2D eigenvalue weighted by atomic mass is 10.2. The summed E-state index contributed by atoms with van der Waals surface area (Å²) < 4.78 is 1.64. The second kappa shape index (κ2) is 7.12. The van der Waals surface area contributed by atoms with Crippen molar-refractivity contribution in [3.05, 3.63) is 52.8 Å². The van der Waals surface area contributed by atoms with Gasteiger partial charge in [0.25, 0.3) is 5.91 Å². The summed E-state index contributed by atoms with van der Waals surface area (Å²) in [5.41, 5.74) is 1.29. The molecule has 0 aliphatic carbocycles. The number of nitrogens with zero attached hydrogens (tertiary/aromatic N) is 3. The van der Waals surface area contributed by atoms with Crippen molar-refractivity contribution in [3.8, 4) is 11.8 Å². The molecule has 2 aromatic rings. The lowest BCUT2D eigenvalue weighted by molar-refractivity contribution is 0.0944. The standard InChI is InChI=1S/C16H17ClN4O/c1-20(2)10-8-19-16(22)15-12(11-18)7-9-21(15)14-6-4-3-5-13(14)17/h3-7,9H,8,10H2,1-2H3,(H,19,22). The number of halogens is 1. The van der Waals surface area contributed by atoms with Gasteiger partial charge in [-0.05, 0) is 32.3 Å². The molecule has 1 aromatic carbocycles. The summed E-state index contributed by atoms with van der Waals surface area (Å²) in [6.07, 6.45) is 1.68. The number of nitrogens with one attached hydrogen (secondary N) is 1.